The number of halogens is 1. The fraction of sp³-hybridized carbons (Fsp3) is 0.263. The highest BCUT2D eigenvalue weighted by Gasteiger charge is 2.13. The molecule has 7 heteroatoms. The summed E-state index contributed by atoms with van der Waals surface area (Å²) in [4.78, 5) is 6.88. The van der Waals surface area contributed by atoms with Crippen LogP contribution in [0.5, 0.6) is 0 Å². The highest BCUT2D eigenvalue weighted by Crippen LogP contribution is 2.27. The molecule has 4 rings (SSSR count). The molecule has 3 heterocycles. The molecule has 0 fully saturated rings. The van der Waals surface area contributed by atoms with Crippen LogP contribution in [0.2, 0.25) is 0 Å². The van der Waals surface area contributed by atoms with Crippen molar-refractivity contribution in [2.75, 3.05) is 38.5 Å². The molecule has 6 nitrogen and oxygen atoms in total. The van der Waals surface area contributed by atoms with Crippen LogP contribution in [0.4, 0.5) is 10.2 Å². The number of rotatable bonds is 0. The second-order valence-corrected chi connectivity index (χ2v) is 6.50. The van der Waals surface area contributed by atoms with Crippen molar-refractivity contribution in [1.82, 2.24) is 24.8 Å². The summed E-state index contributed by atoms with van der Waals surface area (Å²) in [6.07, 6.45) is 3.57. The lowest BCUT2D eigenvalue weighted by atomic mass is 10.0. The maximum Gasteiger partial charge on any atom is 0.165 e. The molecule has 2 aromatic heterocycles. The Kier molecular flexibility index (Phi) is 4.30. The van der Waals surface area contributed by atoms with Gasteiger partial charge in [0.15, 0.2) is 5.65 Å². The van der Waals surface area contributed by atoms with Gasteiger partial charge in [-0.25, -0.2) is 13.9 Å². The molecule has 134 valence electrons. The first kappa shape index (κ1) is 16.5. The van der Waals surface area contributed by atoms with E-state index >= 15 is 0 Å². The van der Waals surface area contributed by atoms with Gasteiger partial charge in [0.25, 0.3) is 0 Å². The fourth-order valence-electron chi connectivity index (χ4n) is 3.08. The SMILES string of the molecule is C=C1NCCN(C)CCNc2ccn3ncc(c3n2)-c2cc(F)cc1c2. The first-order chi connectivity index (χ1) is 12.6. The number of hydrogen-bond donors (Lipinski definition) is 2. The number of likely N-dealkylation sites (N-methyl/N-ethyl adjacent to an activating group) is 1. The summed E-state index contributed by atoms with van der Waals surface area (Å²) >= 11 is 0. The van der Waals surface area contributed by atoms with Crippen LogP contribution < -0.4 is 10.6 Å². The summed E-state index contributed by atoms with van der Waals surface area (Å²) in [5.41, 5.74) is 3.64. The Labute approximate surface area is 151 Å². The van der Waals surface area contributed by atoms with E-state index in [1.54, 1.807) is 10.7 Å². The van der Waals surface area contributed by atoms with E-state index in [4.69, 9.17) is 0 Å². The summed E-state index contributed by atoms with van der Waals surface area (Å²) in [5, 5.41) is 11.0. The van der Waals surface area contributed by atoms with Gasteiger partial charge in [0.05, 0.1) is 6.20 Å². The molecule has 26 heavy (non-hydrogen) atoms. The number of benzene rings is 1. The third kappa shape index (κ3) is 3.25. The summed E-state index contributed by atoms with van der Waals surface area (Å²) in [5.74, 6) is 0.470. The lowest BCUT2D eigenvalue weighted by Gasteiger charge is -2.18. The van der Waals surface area contributed by atoms with Gasteiger partial charge >= 0.3 is 0 Å². The Morgan fingerprint density at radius 2 is 1.88 bits per heavy atom. The number of aromatic nitrogens is 3. The topological polar surface area (TPSA) is 57.5 Å². The minimum absolute atomic E-state index is 0.310. The average molecular weight is 352 g/mol. The monoisotopic (exact) mass is 352 g/mol. The van der Waals surface area contributed by atoms with E-state index in [1.165, 1.54) is 12.1 Å². The minimum atomic E-state index is -0.310. The quantitative estimate of drug-likeness (QED) is 0.651. The lowest BCUT2D eigenvalue weighted by Crippen LogP contribution is -2.32. The number of nitrogens with one attached hydrogen (secondary N) is 2. The number of fused-ring (bicyclic) bond motifs is 4. The van der Waals surface area contributed by atoms with Crippen molar-refractivity contribution in [1.29, 1.82) is 0 Å². The van der Waals surface area contributed by atoms with Gasteiger partial charge in [0.2, 0.25) is 0 Å². The zero-order valence-corrected chi connectivity index (χ0v) is 14.7. The highest BCUT2D eigenvalue weighted by molar-refractivity contribution is 5.80. The minimum Gasteiger partial charge on any atom is -0.384 e. The molecule has 1 aliphatic heterocycles. The number of anilines is 1. The van der Waals surface area contributed by atoms with Gasteiger partial charge in [0, 0.05) is 49.2 Å². The Bertz CT molecular complexity index is 964. The molecule has 0 amide bonds. The average Bonchev–Trinajstić information content (AvgIpc) is 3.03. The van der Waals surface area contributed by atoms with Crippen LogP contribution in [0.3, 0.4) is 0 Å². The van der Waals surface area contributed by atoms with Crippen LogP contribution in [0.15, 0.2) is 43.2 Å². The van der Waals surface area contributed by atoms with Crippen LogP contribution >= 0.6 is 0 Å². The van der Waals surface area contributed by atoms with E-state index in [0.717, 1.165) is 48.7 Å². The standard InChI is InChI=1S/C19H21FN6/c1-13-14-9-15(11-16(20)10-14)17-12-23-26-6-3-18(24-19(17)26)22-5-8-25(2)7-4-21-13/h3,6,9-12,21H,1,4-5,7-8H2,2H3,(H,22,24). The zero-order valence-electron chi connectivity index (χ0n) is 14.7. The molecular weight excluding hydrogens is 331 g/mol. The molecule has 2 N–H and O–H groups in total. The Morgan fingerprint density at radius 3 is 2.73 bits per heavy atom. The first-order valence-corrected chi connectivity index (χ1v) is 8.61. The van der Waals surface area contributed by atoms with Gasteiger partial charge in [-0.05, 0) is 36.9 Å². The van der Waals surface area contributed by atoms with E-state index in [9.17, 15) is 4.39 Å². The molecule has 3 aromatic rings. The molecule has 0 saturated carbocycles. The van der Waals surface area contributed by atoms with Crippen LogP contribution in [-0.2, 0) is 0 Å². The molecule has 4 bridgehead atoms. The smallest absolute Gasteiger partial charge is 0.165 e. The maximum absolute atomic E-state index is 14.2. The summed E-state index contributed by atoms with van der Waals surface area (Å²) in [6, 6.07) is 6.80. The molecule has 0 unspecified atom stereocenters. The van der Waals surface area contributed by atoms with Gasteiger partial charge in [-0.3, -0.25) is 0 Å². The van der Waals surface area contributed by atoms with Crippen molar-refractivity contribution in [3.05, 3.63) is 54.6 Å². The van der Waals surface area contributed by atoms with Crippen LogP contribution in [0.25, 0.3) is 22.5 Å². The molecule has 1 aromatic carbocycles. The fourth-order valence-corrected chi connectivity index (χ4v) is 3.08. The van der Waals surface area contributed by atoms with Crippen molar-refractivity contribution in [2.45, 2.75) is 0 Å². The van der Waals surface area contributed by atoms with Crippen LogP contribution in [0, 0.1) is 5.82 Å². The molecule has 1 aliphatic rings. The third-order valence-corrected chi connectivity index (χ3v) is 4.56. The van der Waals surface area contributed by atoms with Gasteiger partial charge < -0.3 is 15.5 Å². The summed E-state index contributed by atoms with van der Waals surface area (Å²) in [7, 11) is 2.07. The van der Waals surface area contributed by atoms with E-state index in [0.29, 0.717) is 11.3 Å². The summed E-state index contributed by atoms with van der Waals surface area (Å²) in [6.45, 7) is 7.33. The van der Waals surface area contributed by atoms with E-state index < -0.39 is 0 Å². The predicted octanol–water partition coefficient (Wildman–Crippen LogP) is 2.45. The Hall–Kier alpha value is -2.93. The highest BCUT2D eigenvalue weighted by atomic mass is 19.1. The normalized spacial score (nSPS) is 16.0. The molecule has 0 atom stereocenters. The van der Waals surface area contributed by atoms with Crippen molar-refractivity contribution in [3.63, 3.8) is 0 Å². The summed E-state index contributed by atoms with van der Waals surface area (Å²) < 4.78 is 15.9. The van der Waals surface area contributed by atoms with E-state index in [1.807, 2.05) is 18.3 Å². The maximum atomic E-state index is 14.2. The molecule has 0 spiro atoms. The lowest BCUT2D eigenvalue weighted by molar-refractivity contribution is 0.351. The number of hydrogen-bond acceptors (Lipinski definition) is 5. The van der Waals surface area contributed by atoms with Crippen LogP contribution in [0.1, 0.15) is 5.56 Å². The first-order valence-electron chi connectivity index (χ1n) is 8.61. The molecular formula is C19H21FN6. The molecule has 0 saturated heterocycles. The zero-order chi connectivity index (χ0) is 18.1. The third-order valence-electron chi connectivity index (χ3n) is 4.56. The van der Waals surface area contributed by atoms with Crippen molar-refractivity contribution in [3.8, 4) is 11.1 Å². The van der Waals surface area contributed by atoms with Gasteiger partial charge in [-0.1, -0.05) is 6.58 Å². The van der Waals surface area contributed by atoms with E-state index in [2.05, 4.69) is 39.2 Å². The number of nitrogens with zero attached hydrogens (tertiary/aromatic N) is 4. The van der Waals surface area contributed by atoms with Crippen LogP contribution in [-0.4, -0.2) is 52.7 Å². The van der Waals surface area contributed by atoms with Crippen molar-refractivity contribution < 1.29 is 4.39 Å². The predicted molar refractivity (Wildman–Crippen MR) is 101 cm³/mol. The Morgan fingerprint density at radius 1 is 1.12 bits per heavy atom. The van der Waals surface area contributed by atoms with Crippen molar-refractivity contribution in [2.24, 2.45) is 0 Å². The van der Waals surface area contributed by atoms with Gasteiger partial charge in [-0.15, -0.1) is 0 Å². The van der Waals surface area contributed by atoms with E-state index in [-0.39, 0.29) is 5.82 Å². The largest absolute Gasteiger partial charge is 0.384 e. The van der Waals surface area contributed by atoms with Gasteiger partial charge in [0.1, 0.15) is 11.6 Å². The van der Waals surface area contributed by atoms with Gasteiger partial charge in [-0.2, -0.15) is 5.10 Å². The second-order valence-electron chi connectivity index (χ2n) is 6.50. The molecule has 0 radical (unpaired) electrons. The second kappa shape index (κ2) is 6.76. The van der Waals surface area contributed by atoms with Crippen molar-refractivity contribution >= 4 is 17.2 Å². The molecule has 0 aliphatic carbocycles. The Balaban J connectivity index is 1.84.